The number of amides is 1. The summed E-state index contributed by atoms with van der Waals surface area (Å²) < 4.78 is 51.4. The predicted octanol–water partition coefficient (Wildman–Crippen LogP) is 4.27. The fraction of sp³-hybridized carbons (Fsp3) is 0.105. The Morgan fingerprint density at radius 2 is 2.00 bits per heavy atom. The van der Waals surface area contributed by atoms with E-state index in [1.165, 1.54) is 31.6 Å². The number of halogens is 3. The summed E-state index contributed by atoms with van der Waals surface area (Å²) in [5.74, 6) is -0.0000707. The van der Waals surface area contributed by atoms with E-state index in [1.54, 1.807) is 24.3 Å². The number of ether oxygens (including phenoxy) is 1. The Balaban J connectivity index is 1.75. The number of methoxy groups -OCH3 is 1. The Hall–Kier alpha value is -3.82. The highest BCUT2D eigenvalue weighted by Gasteiger charge is 2.36. The van der Waals surface area contributed by atoms with E-state index in [9.17, 15) is 18.0 Å². The molecule has 3 aromatic heterocycles. The molecular weight excluding hydrogens is 389 g/mol. The van der Waals surface area contributed by atoms with Crippen molar-refractivity contribution in [1.82, 2.24) is 14.6 Å². The molecule has 0 aliphatic heterocycles. The molecule has 3 heterocycles. The molecule has 0 aliphatic carbocycles. The normalized spacial score (nSPS) is 11.6. The number of fused-ring (bicyclic) bond motifs is 1. The zero-order valence-corrected chi connectivity index (χ0v) is 14.9. The summed E-state index contributed by atoms with van der Waals surface area (Å²) in [6, 6.07) is 11.6. The molecule has 0 aliphatic rings. The number of hydrogen-bond acceptors (Lipinski definition) is 5. The van der Waals surface area contributed by atoms with Crippen molar-refractivity contribution in [3.8, 4) is 17.2 Å². The van der Waals surface area contributed by atoms with E-state index in [4.69, 9.17) is 9.15 Å². The molecule has 1 aromatic carbocycles. The molecule has 0 radical (unpaired) electrons. The van der Waals surface area contributed by atoms with E-state index < -0.39 is 17.8 Å². The molecule has 4 aromatic rings. The third kappa shape index (κ3) is 3.64. The fourth-order valence-corrected chi connectivity index (χ4v) is 2.73. The number of rotatable bonds is 4. The summed E-state index contributed by atoms with van der Waals surface area (Å²) in [5.41, 5.74) is -1.04. The van der Waals surface area contributed by atoms with Gasteiger partial charge >= 0.3 is 6.18 Å². The number of alkyl halides is 3. The molecule has 0 saturated heterocycles. The van der Waals surface area contributed by atoms with Crippen LogP contribution in [0.5, 0.6) is 5.75 Å². The highest BCUT2D eigenvalue weighted by atomic mass is 19.4. The second kappa shape index (κ2) is 6.97. The van der Waals surface area contributed by atoms with Gasteiger partial charge < -0.3 is 14.5 Å². The average Bonchev–Trinajstić information content (AvgIpc) is 3.36. The fourth-order valence-electron chi connectivity index (χ4n) is 2.73. The Morgan fingerprint density at radius 1 is 1.17 bits per heavy atom. The molecule has 10 heteroatoms. The zero-order valence-electron chi connectivity index (χ0n) is 14.9. The predicted molar refractivity (Wildman–Crippen MR) is 96.6 cm³/mol. The lowest BCUT2D eigenvalue weighted by Gasteiger charge is -2.09. The lowest BCUT2D eigenvalue weighted by Crippen LogP contribution is -2.15. The molecule has 1 amide bonds. The summed E-state index contributed by atoms with van der Waals surface area (Å²) in [7, 11) is 1.48. The number of carbonyl (C=O) groups excluding carboxylic acids is 1. The minimum absolute atomic E-state index is 0.0190. The van der Waals surface area contributed by atoms with Gasteiger partial charge in [-0.3, -0.25) is 4.79 Å². The maximum atomic E-state index is 13.5. The third-order valence-corrected chi connectivity index (χ3v) is 4.05. The van der Waals surface area contributed by atoms with E-state index >= 15 is 0 Å². The molecule has 4 rings (SSSR count). The van der Waals surface area contributed by atoms with Crippen molar-refractivity contribution in [2.45, 2.75) is 6.18 Å². The van der Waals surface area contributed by atoms with Gasteiger partial charge in [-0.2, -0.15) is 18.3 Å². The number of benzene rings is 1. The summed E-state index contributed by atoms with van der Waals surface area (Å²) in [6.07, 6.45) is -3.38. The van der Waals surface area contributed by atoms with Crippen molar-refractivity contribution in [2.24, 2.45) is 0 Å². The van der Waals surface area contributed by atoms with Crippen molar-refractivity contribution in [2.75, 3.05) is 12.4 Å². The lowest BCUT2D eigenvalue weighted by molar-refractivity contribution is -0.142. The summed E-state index contributed by atoms with van der Waals surface area (Å²) >= 11 is 0. The van der Waals surface area contributed by atoms with Gasteiger partial charge in [-0.1, -0.05) is 6.07 Å². The van der Waals surface area contributed by atoms with Crippen molar-refractivity contribution >= 4 is 17.2 Å². The molecule has 0 fully saturated rings. The van der Waals surface area contributed by atoms with Crippen molar-refractivity contribution in [3.63, 3.8) is 0 Å². The molecule has 1 N–H and O–H groups in total. The van der Waals surface area contributed by atoms with Crippen LogP contribution in [0.25, 0.3) is 17.1 Å². The SMILES string of the molecule is COc1cccc(NC(=O)c2cc3nc(-c4ccco4)cc(C(F)(F)F)n3n2)c1. The largest absolute Gasteiger partial charge is 0.497 e. The van der Waals surface area contributed by atoms with Crippen LogP contribution in [-0.4, -0.2) is 27.6 Å². The van der Waals surface area contributed by atoms with Gasteiger partial charge in [0.15, 0.2) is 22.8 Å². The Morgan fingerprint density at radius 3 is 2.69 bits per heavy atom. The summed E-state index contributed by atoms with van der Waals surface area (Å²) in [6.45, 7) is 0. The van der Waals surface area contributed by atoms with Crippen LogP contribution < -0.4 is 10.1 Å². The van der Waals surface area contributed by atoms with Crippen LogP contribution in [0.2, 0.25) is 0 Å². The van der Waals surface area contributed by atoms with Gasteiger partial charge in [0, 0.05) is 17.8 Å². The summed E-state index contributed by atoms with van der Waals surface area (Å²) in [4.78, 5) is 16.6. The first-order chi connectivity index (χ1) is 13.8. The molecular formula is C19H13F3N4O3. The van der Waals surface area contributed by atoms with Gasteiger partial charge in [-0.05, 0) is 30.3 Å². The van der Waals surface area contributed by atoms with Crippen molar-refractivity contribution in [1.29, 1.82) is 0 Å². The van der Waals surface area contributed by atoms with E-state index in [2.05, 4.69) is 15.4 Å². The Kier molecular flexibility index (Phi) is 4.45. The van der Waals surface area contributed by atoms with E-state index in [1.807, 2.05) is 0 Å². The monoisotopic (exact) mass is 402 g/mol. The maximum Gasteiger partial charge on any atom is 0.433 e. The molecule has 29 heavy (non-hydrogen) atoms. The second-order valence-electron chi connectivity index (χ2n) is 5.99. The van der Waals surface area contributed by atoms with Crippen LogP contribution in [-0.2, 0) is 6.18 Å². The van der Waals surface area contributed by atoms with Gasteiger partial charge in [0.1, 0.15) is 11.4 Å². The summed E-state index contributed by atoms with van der Waals surface area (Å²) in [5, 5.41) is 6.37. The van der Waals surface area contributed by atoms with E-state index in [0.717, 1.165) is 6.07 Å². The number of hydrogen-bond donors (Lipinski definition) is 1. The van der Waals surface area contributed by atoms with Crippen LogP contribution in [0.1, 0.15) is 16.2 Å². The van der Waals surface area contributed by atoms with Gasteiger partial charge in [-0.25, -0.2) is 9.50 Å². The van der Waals surface area contributed by atoms with Crippen molar-refractivity contribution in [3.05, 3.63) is 66.2 Å². The highest BCUT2D eigenvalue weighted by molar-refractivity contribution is 6.03. The molecule has 7 nitrogen and oxygen atoms in total. The van der Waals surface area contributed by atoms with Gasteiger partial charge in [-0.15, -0.1) is 0 Å². The van der Waals surface area contributed by atoms with Gasteiger partial charge in [0.05, 0.1) is 13.4 Å². The molecule has 148 valence electrons. The number of aromatic nitrogens is 3. The Labute approximate surface area is 161 Å². The zero-order chi connectivity index (χ0) is 20.6. The third-order valence-electron chi connectivity index (χ3n) is 4.05. The smallest absolute Gasteiger partial charge is 0.433 e. The van der Waals surface area contributed by atoms with E-state index in [-0.39, 0.29) is 22.8 Å². The first kappa shape index (κ1) is 18.5. The van der Waals surface area contributed by atoms with Crippen LogP contribution in [0.3, 0.4) is 0 Å². The molecule has 0 spiro atoms. The minimum atomic E-state index is -4.71. The lowest BCUT2D eigenvalue weighted by atomic mass is 10.2. The van der Waals surface area contributed by atoms with Crippen LogP contribution in [0.4, 0.5) is 18.9 Å². The first-order valence-electron chi connectivity index (χ1n) is 8.32. The molecule has 0 bridgehead atoms. The number of carbonyl (C=O) groups is 1. The highest BCUT2D eigenvalue weighted by Crippen LogP contribution is 2.32. The van der Waals surface area contributed by atoms with Crippen molar-refractivity contribution < 1.29 is 27.1 Å². The van der Waals surface area contributed by atoms with Crippen LogP contribution in [0, 0.1) is 0 Å². The van der Waals surface area contributed by atoms with Crippen LogP contribution in [0.15, 0.2) is 59.2 Å². The second-order valence-corrected chi connectivity index (χ2v) is 5.99. The topological polar surface area (TPSA) is 81.7 Å². The standard InChI is InChI=1S/C19H13F3N4O3/c1-28-12-5-2-4-11(8-12)23-18(27)14-10-17-24-13(15-6-3-7-29-15)9-16(19(20,21)22)26(17)25-14/h2-10H,1H3,(H,23,27). The first-order valence-corrected chi connectivity index (χ1v) is 8.32. The minimum Gasteiger partial charge on any atom is -0.497 e. The van der Waals surface area contributed by atoms with Gasteiger partial charge in [0.25, 0.3) is 5.91 Å². The van der Waals surface area contributed by atoms with E-state index in [0.29, 0.717) is 16.0 Å². The van der Waals surface area contributed by atoms with Gasteiger partial charge in [0.2, 0.25) is 0 Å². The maximum absolute atomic E-state index is 13.5. The quantitative estimate of drug-likeness (QED) is 0.551. The molecule has 0 unspecified atom stereocenters. The molecule has 0 saturated carbocycles. The number of nitrogens with zero attached hydrogens (tertiary/aromatic N) is 3. The number of nitrogens with one attached hydrogen (secondary N) is 1. The Bertz CT molecular complexity index is 1180. The number of anilines is 1. The number of furan rings is 1. The molecule has 0 atom stereocenters. The van der Waals surface area contributed by atoms with Crippen LogP contribution >= 0.6 is 0 Å². The average molecular weight is 402 g/mol.